The Kier molecular flexibility index (Phi) is 4.99. The van der Waals surface area contributed by atoms with Crippen molar-refractivity contribution in [2.24, 2.45) is 0 Å². The van der Waals surface area contributed by atoms with Crippen molar-refractivity contribution in [3.8, 4) is 0 Å². The highest BCUT2D eigenvalue weighted by Crippen LogP contribution is 2.31. The van der Waals surface area contributed by atoms with Gasteiger partial charge in [0.2, 0.25) is 0 Å². The summed E-state index contributed by atoms with van der Waals surface area (Å²) >= 11 is 4.69. The fraction of sp³-hybridized carbons (Fsp3) is 0.0833. The third kappa shape index (κ3) is 3.54. The summed E-state index contributed by atoms with van der Waals surface area (Å²) < 4.78 is 0. The first-order chi connectivity index (χ1) is 15.5. The number of hydrogen-bond acceptors (Lipinski definition) is 5. The molecule has 1 saturated heterocycles. The van der Waals surface area contributed by atoms with Crippen LogP contribution in [0.15, 0.2) is 78.5 Å². The van der Waals surface area contributed by atoms with E-state index in [4.69, 9.17) is 17.6 Å². The second-order valence-corrected chi connectivity index (χ2v) is 8.00. The zero-order valence-electron chi connectivity index (χ0n) is 16.8. The fourth-order valence-corrected chi connectivity index (χ4v) is 4.24. The maximum atomic E-state index is 12.7. The molecule has 1 atom stereocenters. The van der Waals surface area contributed by atoms with Crippen LogP contribution in [-0.2, 0) is 6.54 Å². The van der Waals surface area contributed by atoms with Crippen LogP contribution in [-0.4, -0.2) is 26.2 Å². The van der Waals surface area contributed by atoms with E-state index in [2.05, 4.69) is 5.32 Å². The average molecular weight is 443 g/mol. The van der Waals surface area contributed by atoms with Gasteiger partial charge < -0.3 is 10.2 Å². The van der Waals surface area contributed by atoms with Gasteiger partial charge in [-0.25, -0.2) is 9.78 Å². The molecule has 7 nitrogen and oxygen atoms in total. The third-order valence-corrected chi connectivity index (χ3v) is 6.07. The van der Waals surface area contributed by atoms with Gasteiger partial charge in [-0.05, 0) is 29.3 Å². The van der Waals surface area contributed by atoms with Crippen molar-refractivity contribution in [2.45, 2.75) is 11.9 Å². The van der Waals surface area contributed by atoms with E-state index in [0.717, 1.165) is 32.9 Å². The van der Waals surface area contributed by atoms with Gasteiger partial charge in [-0.15, -0.1) is 12.6 Å². The zero-order chi connectivity index (χ0) is 22.2. The van der Waals surface area contributed by atoms with E-state index in [-0.39, 0.29) is 18.3 Å². The molecule has 0 spiro atoms. The standard InChI is InChI=1S/C24H18N4O3S/c29-24-26-22(23(32)27(24)14-15-9-11-16(12-10-15)28(30)31)13-19-17-5-1-3-7-20(17)25-21-8-4-2-6-18(19)21/h1-13,23,32H,14H2,(H,26,29). The first kappa shape index (κ1) is 20.0. The molecule has 0 bridgehead atoms. The van der Waals surface area contributed by atoms with Gasteiger partial charge in [-0.1, -0.05) is 48.5 Å². The maximum Gasteiger partial charge on any atom is 0.323 e. The second kappa shape index (κ2) is 7.97. The molecule has 1 aromatic heterocycles. The molecule has 1 fully saturated rings. The molecule has 5 rings (SSSR count). The Morgan fingerprint density at radius 1 is 1.00 bits per heavy atom. The molecule has 1 N–H and O–H groups in total. The minimum atomic E-state index is -0.483. The van der Waals surface area contributed by atoms with Crippen molar-refractivity contribution in [1.82, 2.24) is 15.2 Å². The van der Waals surface area contributed by atoms with E-state index >= 15 is 0 Å². The number of pyridine rings is 1. The number of aromatic nitrogens is 1. The molecule has 8 heteroatoms. The Morgan fingerprint density at radius 2 is 1.59 bits per heavy atom. The Hall–Kier alpha value is -3.91. The van der Waals surface area contributed by atoms with Crippen LogP contribution < -0.4 is 5.32 Å². The maximum absolute atomic E-state index is 12.7. The van der Waals surface area contributed by atoms with Crippen LogP contribution in [0.2, 0.25) is 0 Å². The van der Waals surface area contributed by atoms with Crippen LogP contribution >= 0.6 is 12.6 Å². The first-order valence-corrected chi connectivity index (χ1v) is 10.5. The first-order valence-electron chi connectivity index (χ1n) is 9.99. The van der Waals surface area contributed by atoms with Crippen LogP contribution in [0.1, 0.15) is 11.1 Å². The van der Waals surface area contributed by atoms with Crippen LogP contribution in [0, 0.1) is 10.1 Å². The minimum absolute atomic E-state index is 0.0130. The van der Waals surface area contributed by atoms with Gasteiger partial charge >= 0.3 is 6.03 Å². The summed E-state index contributed by atoms with van der Waals surface area (Å²) in [5.41, 5.74) is 4.19. The Balaban J connectivity index is 1.52. The fourth-order valence-electron chi connectivity index (χ4n) is 3.91. The van der Waals surface area contributed by atoms with Crippen molar-refractivity contribution in [3.05, 3.63) is 99.7 Å². The SMILES string of the molecule is O=C1NC(=Cc2c3ccccc3nc3ccccc23)C(S)N1Cc1ccc([N+](=O)[O-])cc1. The number of urea groups is 1. The minimum Gasteiger partial charge on any atom is -0.309 e. The average Bonchev–Trinajstić information content (AvgIpc) is 3.06. The molecule has 32 heavy (non-hydrogen) atoms. The van der Waals surface area contributed by atoms with Crippen LogP contribution in [0.4, 0.5) is 10.5 Å². The summed E-state index contributed by atoms with van der Waals surface area (Å²) in [6.07, 6.45) is 1.96. The van der Waals surface area contributed by atoms with Crippen molar-refractivity contribution in [1.29, 1.82) is 0 Å². The van der Waals surface area contributed by atoms with Gasteiger partial charge in [-0.2, -0.15) is 0 Å². The monoisotopic (exact) mass is 442 g/mol. The normalized spacial score (nSPS) is 17.3. The quantitative estimate of drug-likeness (QED) is 0.199. The molecule has 2 heterocycles. The number of benzene rings is 3. The summed E-state index contributed by atoms with van der Waals surface area (Å²) in [5, 5.41) is 15.3. The Labute approximate surface area is 188 Å². The molecule has 1 unspecified atom stereocenters. The number of nitrogens with zero attached hydrogens (tertiary/aromatic N) is 3. The number of carbonyl (C=O) groups is 1. The predicted octanol–water partition coefficient (Wildman–Crippen LogP) is 5.12. The van der Waals surface area contributed by atoms with Gasteiger partial charge in [0, 0.05) is 29.4 Å². The van der Waals surface area contributed by atoms with E-state index in [0.29, 0.717) is 5.70 Å². The molecular weight excluding hydrogens is 424 g/mol. The lowest BCUT2D eigenvalue weighted by molar-refractivity contribution is -0.384. The second-order valence-electron chi connectivity index (χ2n) is 7.51. The molecule has 1 aliphatic rings. The summed E-state index contributed by atoms with van der Waals surface area (Å²) in [7, 11) is 0. The highest BCUT2D eigenvalue weighted by molar-refractivity contribution is 7.81. The Bertz CT molecular complexity index is 1350. The molecule has 3 aromatic carbocycles. The van der Waals surface area contributed by atoms with Crippen molar-refractivity contribution < 1.29 is 9.72 Å². The number of hydrogen-bond donors (Lipinski definition) is 2. The van der Waals surface area contributed by atoms with Crippen LogP contribution in [0.25, 0.3) is 27.9 Å². The molecule has 0 radical (unpaired) electrons. The molecule has 0 saturated carbocycles. The number of para-hydroxylation sites is 2. The lowest BCUT2D eigenvalue weighted by Crippen LogP contribution is -2.30. The van der Waals surface area contributed by atoms with E-state index in [1.165, 1.54) is 12.1 Å². The molecule has 4 aromatic rings. The van der Waals surface area contributed by atoms with Gasteiger partial charge in [0.25, 0.3) is 5.69 Å². The smallest absolute Gasteiger partial charge is 0.309 e. The van der Waals surface area contributed by atoms with E-state index in [1.807, 2.05) is 54.6 Å². The largest absolute Gasteiger partial charge is 0.323 e. The van der Waals surface area contributed by atoms with E-state index in [9.17, 15) is 14.9 Å². The van der Waals surface area contributed by atoms with Gasteiger partial charge in [0.05, 0.1) is 21.7 Å². The number of nitrogens with one attached hydrogen (secondary N) is 1. The number of non-ortho nitro benzene ring substituents is 1. The van der Waals surface area contributed by atoms with Crippen molar-refractivity contribution >= 4 is 52.2 Å². The van der Waals surface area contributed by atoms with Gasteiger partial charge in [0.1, 0.15) is 5.37 Å². The molecule has 2 amide bonds. The zero-order valence-corrected chi connectivity index (χ0v) is 17.7. The summed E-state index contributed by atoms with van der Waals surface area (Å²) in [4.78, 5) is 29.4. The number of thiol groups is 1. The van der Waals surface area contributed by atoms with Crippen LogP contribution in [0.5, 0.6) is 0 Å². The Morgan fingerprint density at radius 3 is 2.19 bits per heavy atom. The number of rotatable bonds is 4. The highest BCUT2D eigenvalue weighted by atomic mass is 32.1. The lowest BCUT2D eigenvalue weighted by atomic mass is 10.0. The van der Waals surface area contributed by atoms with E-state index < -0.39 is 10.3 Å². The van der Waals surface area contributed by atoms with Gasteiger partial charge in [-0.3, -0.25) is 10.1 Å². The molecule has 158 valence electrons. The van der Waals surface area contributed by atoms with Crippen molar-refractivity contribution in [3.63, 3.8) is 0 Å². The highest BCUT2D eigenvalue weighted by Gasteiger charge is 2.33. The predicted molar refractivity (Wildman–Crippen MR) is 127 cm³/mol. The summed E-state index contributed by atoms with van der Waals surface area (Å²) in [5.74, 6) is 0. The number of nitro benzene ring substituents is 1. The lowest BCUT2D eigenvalue weighted by Gasteiger charge is -2.19. The summed E-state index contributed by atoms with van der Waals surface area (Å²) in [6, 6.07) is 21.7. The third-order valence-electron chi connectivity index (χ3n) is 5.51. The molecule has 1 aliphatic heterocycles. The summed E-state index contributed by atoms with van der Waals surface area (Å²) in [6.45, 7) is 0.285. The van der Waals surface area contributed by atoms with Gasteiger partial charge in [0.15, 0.2) is 0 Å². The topological polar surface area (TPSA) is 88.4 Å². The van der Waals surface area contributed by atoms with Crippen molar-refractivity contribution in [2.75, 3.05) is 0 Å². The number of nitro groups is 1. The van der Waals surface area contributed by atoms with E-state index in [1.54, 1.807) is 17.0 Å². The number of carbonyl (C=O) groups excluding carboxylic acids is 1. The number of amides is 2. The number of fused-ring (bicyclic) bond motifs is 2. The molecular formula is C24H18N4O3S. The molecule has 0 aliphatic carbocycles. The van der Waals surface area contributed by atoms with Crippen LogP contribution in [0.3, 0.4) is 0 Å².